The number of oxazole rings is 1. The molecule has 21 heavy (non-hydrogen) atoms. The summed E-state index contributed by atoms with van der Waals surface area (Å²) in [7, 11) is 0. The Kier molecular flexibility index (Phi) is 4.50. The van der Waals surface area contributed by atoms with Crippen molar-refractivity contribution in [3.05, 3.63) is 54.4 Å². The summed E-state index contributed by atoms with van der Waals surface area (Å²) in [4.78, 5) is 26.4. The van der Waals surface area contributed by atoms with Crippen LogP contribution in [0.25, 0.3) is 11.5 Å². The molecule has 1 N–H and O–H groups in total. The molecule has 0 bridgehead atoms. The zero-order chi connectivity index (χ0) is 15.2. The fourth-order valence-electron chi connectivity index (χ4n) is 1.67. The summed E-state index contributed by atoms with van der Waals surface area (Å²) >= 11 is 0. The molecule has 0 aliphatic heterocycles. The zero-order valence-corrected chi connectivity index (χ0v) is 11.1. The summed E-state index contributed by atoms with van der Waals surface area (Å²) in [6.07, 6.45) is 2.55. The molecule has 0 aliphatic rings. The molecule has 2 aromatic rings. The highest BCUT2D eigenvalue weighted by Gasteiger charge is 2.12. The molecule has 0 atom stereocenters. The number of hydrogen-bond donors (Lipinski definition) is 1. The maximum absolute atomic E-state index is 11.7. The SMILES string of the molecule is C=CCOC(=O)c1cccc(-c2nc(CC(=O)O)co2)c1. The molecule has 2 rings (SSSR count). The summed E-state index contributed by atoms with van der Waals surface area (Å²) in [5.74, 6) is -1.21. The number of hydrogen-bond acceptors (Lipinski definition) is 5. The van der Waals surface area contributed by atoms with Crippen LogP contribution in [0.3, 0.4) is 0 Å². The van der Waals surface area contributed by atoms with Crippen molar-refractivity contribution in [3.8, 4) is 11.5 Å². The van der Waals surface area contributed by atoms with Crippen LogP contribution in [-0.2, 0) is 16.0 Å². The van der Waals surface area contributed by atoms with Gasteiger partial charge in [0.15, 0.2) is 0 Å². The first kappa shape index (κ1) is 14.5. The number of nitrogens with zero attached hydrogens (tertiary/aromatic N) is 1. The van der Waals surface area contributed by atoms with E-state index in [0.717, 1.165) is 0 Å². The minimum Gasteiger partial charge on any atom is -0.481 e. The molecule has 1 aromatic carbocycles. The van der Waals surface area contributed by atoms with Gasteiger partial charge in [0.2, 0.25) is 5.89 Å². The van der Waals surface area contributed by atoms with Gasteiger partial charge in [-0.2, -0.15) is 0 Å². The molecule has 0 saturated heterocycles. The van der Waals surface area contributed by atoms with Crippen LogP contribution in [-0.4, -0.2) is 28.6 Å². The molecule has 1 heterocycles. The predicted octanol–water partition coefficient (Wildman–Crippen LogP) is 2.31. The highest BCUT2D eigenvalue weighted by Crippen LogP contribution is 2.20. The van der Waals surface area contributed by atoms with Gasteiger partial charge in [-0.3, -0.25) is 4.79 Å². The monoisotopic (exact) mass is 287 g/mol. The quantitative estimate of drug-likeness (QED) is 0.647. The molecule has 0 amide bonds. The number of benzene rings is 1. The molecule has 0 aliphatic carbocycles. The van der Waals surface area contributed by atoms with Gasteiger partial charge >= 0.3 is 11.9 Å². The van der Waals surface area contributed by atoms with Gasteiger partial charge in [0.25, 0.3) is 0 Å². The number of rotatable bonds is 6. The van der Waals surface area contributed by atoms with Crippen LogP contribution in [0.1, 0.15) is 16.1 Å². The predicted molar refractivity (Wildman–Crippen MR) is 73.8 cm³/mol. The lowest BCUT2D eigenvalue weighted by Gasteiger charge is -2.03. The third kappa shape index (κ3) is 3.79. The van der Waals surface area contributed by atoms with Crippen molar-refractivity contribution in [2.75, 3.05) is 6.61 Å². The highest BCUT2D eigenvalue weighted by molar-refractivity contribution is 5.90. The molecule has 0 saturated carbocycles. The number of ether oxygens (including phenoxy) is 1. The Balaban J connectivity index is 2.20. The number of carbonyl (C=O) groups is 2. The minimum atomic E-state index is -0.989. The van der Waals surface area contributed by atoms with Gasteiger partial charge in [-0.1, -0.05) is 18.7 Å². The number of carboxylic acid groups (broad SMARTS) is 1. The summed E-state index contributed by atoms with van der Waals surface area (Å²) in [5.41, 5.74) is 1.24. The van der Waals surface area contributed by atoms with Crippen molar-refractivity contribution in [1.29, 1.82) is 0 Å². The number of carbonyl (C=O) groups excluding carboxylic acids is 1. The Labute approximate surface area is 120 Å². The van der Waals surface area contributed by atoms with E-state index >= 15 is 0 Å². The molecule has 0 fully saturated rings. The van der Waals surface area contributed by atoms with E-state index in [0.29, 0.717) is 16.8 Å². The third-order valence-electron chi connectivity index (χ3n) is 2.56. The minimum absolute atomic E-state index is 0.130. The Hall–Kier alpha value is -2.89. The van der Waals surface area contributed by atoms with Crippen LogP contribution >= 0.6 is 0 Å². The second kappa shape index (κ2) is 6.51. The van der Waals surface area contributed by atoms with E-state index in [4.69, 9.17) is 14.3 Å². The van der Waals surface area contributed by atoms with E-state index in [2.05, 4.69) is 11.6 Å². The van der Waals surface area contributed by atoms with Crippen molar-refractivity contribution < 1.29 is 23.8 Å². The molecular formula is C15H13NO5. The van der Waals surface area contributed by atoms with Crippen molar-refractivity contribution in [2.24, 2.45) is 0 Å². The second-order valence-electron chi connectivity index (χ2n) is 4.18. The van der Waals surface area contributed by atoms with Gasteiger partial charge in [0.05, 0.1) is 17.7 Å². The standard InChI is InChI=1S/C15H13NO5/c1-2-6-20-15(19)11-5-3-4-10(7-11)14-16-12(9-21-14)8-13(17)18/h2-5,7,9H,1,6,8H2,(H,17,18). The maximum atomic E-state index is 11.7. The van der Waals surface area contributed by atoms with E-state index in [1.165, 1.54) is 12.3 Å². The lowest BCUT2D eigenvalue weighted by atomic mass is 10.1. The Morgan fingerprint density at radius 2 is 2.24 bits per heavy atom. The molecular weight excluding hydrogens is 274 g/mol. The first-order valence-electron chi connectivity index (χ1n) is 6.15. The van der Waals surface area contributed by atoms with Gasteiger partial charge in [0, 0.05) is 5.56 Å². The fraction of sp³-hybridized carbons (Fsp3) is 0.133. The molecule has 0 radical (unpaired) electrons. The van der Waals surface area contributed by atoms with Gasteiger partial charge in [-0.25, -0.2) is 9.78 Å². The lowest BCUT2D eigenvalue weighted by molar-refractivity contribution is -0.136. The van der Waals surface area contributed by atoms with E-state index in [1.54, 1.807) is 24.3 Å². The molecule has 0 spiro atoms. The van der Waals surface area contributed by atoms with Crippen LogP contribution in [0, 0.1) is 0 Å². The average molecular weight is 287 g/mol. The lowest BCUT2D eigenvalue weighted by Crippen LogP contribution is -2.05. The van der Waals surface area contributed by atoms with Crippen LogP contribution < -0.4 is 0 Å². The zero-order valence-electron chi connectivity index (χ0n) is 11.1. The summed E-state index contributed by atoms with van der Waals surface area (Å²) in [5, 5.41) is 8.70. The number of aromatic nitrogens is 1. The topological polar surface area (TPSA) is 89.6 Å². The third-order valence-corrected chi connectivity index (χ3v) is 2.56. The van der Waals surface area contributed by atoms with Gasteiger partial charge < -0.3 is 14.3 Å². The molecule has 6 heteroatoms. The van der Waals surface area contributed by atoms with Crippen molar-refractivity contribution in [1.82, 2.24) is 4.98 Å². The summed E-state index contributed by atoms with van der Waals surface area (Å²) < 4.78 is 10.2. The summed E-state index contributed by atoms with van der Waals surface area (Å²) in [6.45, 7) is 3.60. The number of esters is 1. The van der Waals surface area contributed by atoms with Crippen LogP contribution in [0.15, 0.2) is 47.6 Å². The highest BCUT2D eigenvalue weighted by atomic mass is 16.5. The Morgan fingerprint density at radius 3 is 2.95 bits per heavy atom. The van der Waals surface area contributed by atoms with Gasteiger partial charge in [-0.05, 0) is 18.2 Å². The molecule has 1 aromatic heterocycles. The van der Waals surface area contributed by atoms with Crippen molar-refractivity contribution in [3.63, 3.8) is 0 Å². The van der Waals surface area contributed by atoms with Crippen LogP contribution in [0.2, 0.25) is 0 Å². The van der Waals surface area contributed by atoms with E-state index < -0.39 is 11.9 Å². The molecule has 6 nitrogen and oxygen atoms in total. The molecule has 0 unspecified atom stereocenters. The Bertz CT molecular complexity index is 674. The first-order chi connectivity index (χ1) is 10.1. The largest absolute Gasteiger partial charge is 0.481 e. The molecule has 108 valence electrons. The van der Waals surface area contributed by atoms with Crippen molar-refractivity contribution >= 4 is 11.9 Å². The van der Waals surface area contributed by atoms with E-state index in [9.17, 15) is 9.59 Å². The average Bonchev–Trinajstić information content (AvgIpc) is 2.92. The second-order valence-corrected chi connectivity index (χ2v) is 4.18. The van der Waals surface area contributed by atoms with Gasteiger partial charge in [-0.15, -0.1) is 0 Å². The Morgan fingerprint density at radius 1 is 1.43 bits per heavy atom. The van der Waals surface area contributed by atoms with Crippen LogP contribution in [0.5, 0.6) is 0 Å². The van der Waals surface area contributed by atoms with E-state index in [-0.39, 0.29) is 18.9 Å². The normalized spacial score (nSPS) is 10.1. The fourth-order valence-corrected chi connectivity index (χ4v) is 1.67. The summed E-state index contributed by atoms with van der Waals surface area (Å²) in [6, 6.07) is 6.55. The number of carboxylic acids is 1. The maximum Gasteiger partial charge on any atom is 0.338 e. The smallest absolute Gasteiger partial charge is 0.338 e. The van der Waals surface area contributed by atoms with Crippen molar-refractivity contribution in [2.45, 2.75) is 6.42 Å². The number of aliphatic carboxylic acids is 1. The first-order valence-corrected chi connectivity index (χ1v) is 6.15. The van der Waals surface area contributed by atoms with Crippen LogP contribution in [0.4, 0.5) is 0 Å². The van der Waals surface area contributed by atoms with Gasteiger partial charge in [0.1, 0.15) is 12.9 Å². The van der Waals surface area contributed by atoms with E-state index in [1.807, 2.05) is 0 Å².